The fraction of sp³-hybridized carbons (Fsp3) is 0.387. The van der Waals surface area contributed by atoms with Gasteiger partial charge < -0.3 is 14.8 Å². The van der Waals surface area contributed by atoms with E-state index in [1.165, 1.54) is 0 Å². The molecule has 9 nitrogen and oxygen atoms in total. The van der Waals surface area contributed by atoms with Crippen LogP contribution in [-0.4, -0.2) is 56.1 Å². The maximum atomic E-state index is 13.4. The Bertz CT molecular complexity index is 1620. The van der Waals surface area contributed by atoms with E-state index in [0.29, 0.717) is 43.7 Å². The van der Waals surface area contributed by atoms with Crippen molar-refractivity contribution < 1.29 is 27.5 Å². The van der Waals surface area contributed by atoms with Crippen LogP contribution >= 0.6 is 0 Å². The largest absolute Gasteiger partial charge is 0.497 e. The molecule has 0 radical (unpaired) electrons. The van der Waals surface area contributed by atoms with Gasteiger partial charge in [-0.1, -0.05) is 36.4 Å². The third-order valence-electron chi connectivity index (χ3n) is 8.38. The van der Waals surface area contributed by atoms with Crippen LogP contribution in [0.3, 0.4) is 0 Å². The highest BCUT2D eigenvalue weighted by Crippen LogP contribution is 2.56. The van der Waals surface area contributed by atoms with Gasteiger partial charge in [-0.2, -0.15) is 0 Å². The van der Waals surface area contributed by atoms with E-state index in [9.17, 15) is 18.0 Å². The van der Waals surface area contributed by atoms with Gasteiger partial charge in [0.2, 0.25) is 15.9 Å². The molecule has 0 bridgehead atoms. The number of ketones is 1. The summed E-state index contributed by atoms with van der Waals surface area (Å²) >= 11 is 0. The highest BCUT2D eigenvalue weighted by atomic mass is 32.2. The molecule has 3 aliphatic rings. The zero-order chi connectivity index (χ0) is 28.8. The molecule has 1 aromatic heterocycles. The molecule has 6 rings (SSSR count). The molecule has 1 amide bonds. The lowest BCUT2D eigenvalue weighted by atomic mass is 9.92. The number of pyridine rings is 1. The normalized spacial score (nSPS) is 25.4. The first kappa shape index (κ1) is 27.4. The van der Waals surface area contributed by atoms with Crippen molar-refractivity contribution in [1.29, 1.82) is 0 Å². The summed E-state index contributed by atoms with van der Waals surface area (Å²) in [7, 11) is -2.09. The summed E-state index contributed by atoms with van der Waals surface area (Å²) in [6, 6.07) is 16.9. The molecule has 2 saturated carbocycles. The van der Waals surface area contributed by atoms with Crippen LogP contribution in [0.4, 0.5) is 0 Å². The van der Waals surface area contributed by atoms with E-state index in [1.807, 2.05) is 54.6 Å². The quantitative estimate of drug-likeness (QED) is 0.331. The van der Waals surface area contributed by atoms with E-state index in [2.05, 4.69) is 16.6 Å². The Morgan fingerprint density at radius 2 is 1.95 bits per heavy atom. The Morgan fingerprint density at radius 3 is 2.63 bits per heavy atom. The van der Waals surface area contributed by atoms with E-state index in [1.54, 1.807) is 13.2 Å². The minimum absolute atomic E-state index is 0.0454. The van der Waals surface area contributed by atoms with Gasteiger partial charge in [-0.3, -0.25) is 14.3 Å². The number of carbonyl (C=O) groups excluding carboxylic acids is 2. The maximum Gasteiger partial charge on any atom is 0.240 e. The van der Waals surface area contributed by atoms with Crippen molar-refractivity contribution in [3.63, 3.8) is 0 Å². The molecular formula is C31H33N3O6S. The van der Waals surface area contributed by atoms with Crippen LogP contribution in [0.25, 0.3) is 22.2 Å². The van der Waals surface area contributed by atoms with E-state index < -0.39 is 32.6 Å². The van der Waals surface area contributed by atoms with E-state index in [4.69, 9.17) is 14.5 Å². The molecule has 2 heterocycles. The molecule has 3 fully saturated rings. The molecule has 4 atom stereocenters. The highest BCUT2D eigenvalue weighted by Gasteiger charge is 2.61. The number of benzene rings is 2. The topological polar surface area (TPSA) is 124 Å². The lowest BCUT2D eigenvalue weighted by molar-refractivity contribution is -0.130. The van der Waals surface area contributed by atoms with Crippen molar-refractivity contribution in [1.82, 2.24) is 15.0 Å². The number of aromatic nitrogens is 1. The van der Waals surface area contributed by atoms with Gasteiger partial charge in [0.1, 0.15) is 17.6 Å². The number of nitrogens with zero attached hydrogens (tertiary/aromatic N) is 1. The Balaban J connectivity index is 1.17. The number of hydrogen-bond donors (Lipinski definition) is 2. The fourth-order valence-electron chi connectivity index (χ4n) is 5.69. The van der Waals surface area contributed by atoms with Crippen LogP contribution in [0.1, 0.15) is 32.1 Å². The first-order valence-corrected chi connectivity index (χ1v) is 15.4. The molecular weight excluding hydrogens is 542 g/mol. The van der Waals surface area contributed by atoms with Gasteiger partial charge in [-0.15, -0.1) is 6.58 Å². The lowest BCUT2D eigenvalue weighted by Gasteiger charge is -2.19. The second-order valence-corrected chi connectivity index (χ2v) is 13.2. The Kier molecular flexibility index (Phi) is 7.07. The van der Waals surface area contributed by atoms with E-state index >= 15 is 0 Å². The van der Waals surface area contributed by atoms with Gasteiger partial charge in [0.15, 0.2) is 5.78 Å². The smallest absolute Gasteiger partial charge is 0.240 e. The fourth-order valence-corrected chi connectivity index (χ4v) is 7.07. The van der Waals surface area contributed by atoms with Crippen molar-refractivity contribution in [2.75, 3.05) is 13.7 Å². The number of methoxy groups -OCH3 is 1. The predicted molar refractivity (Wildman–Crippen MR) is 155 cm³/mol. The first-order chi connectivity index (χ1) is 19.7. The van der Waals surface area contributed by atoms with Crippen LogP contribution < -0.4 is 19.5 Å². The van der Waals surface area contributed by atoms with Crippen LogP contribution in [0.2, 0.25) is 0 Å². The number of amides is 1. The van der Waals surface area contributed by atoms with Gasteiger partial charge in [0.05, 0.1) is 35.0 Å². The van der Waals surface area contributed by atoms with Gasteiger partial charge in [0.25, 0.3) is 0 Å². The number of sulfonamides is 1. The maximum absolute atomic E-state index is 13.4. The number of Topliss-reactive ketones (excluding diaryl/α,β-unsaturated/α-hetero) is 1. The highest BCUT2D eigenvalue weighted by molar-refractivity contribution is 7.90. The van der Waals surface area contributed by atoms with Gasteiger partial charge in [-0.25, -0.2) is 13.4 Å². The number of nitrogens with one attached hydrogen (secondary N) is 2. The van der Waals surface area contributed by atoms with Crippen molar-refractivity contribution in [3.05, 3.63) is 67.3 Å². The van der Waals surface area contributed by atoms with Crippen molar-refractivity contribution in [3.8, 4) is 22.8 Å². The van der Waals surface area contributed by atoms with Crippen LogP contribution in [-0.2, 0) is 19.6 Å². The number of rotatable bonds is 11. The number of hydrogen-bond acceptors (Lipinski definition) is 8. The van der Waals surface area contributed by atoms with Crippen LogP contribution in [0.5, 0.6) is 11.5 Å². The summed E-state index contributed by atoms with van der Waals surface area (Å²) < 4.78 is 38.9. The van der Waals surface area contributed by atoms with Crippen LogP contribution in [0.15, 0.2) is 67.3 Å². The average Bonchev–Trinajstić information content (AvgIpc) is 3.90. The summed E-state index contributed by atoms with van der Waals surface area (Å²) in [5.74, 6) is 0.391. The lowest BCUT2D eigenvalue weighted by Crippen LogP contribution is -2.42. The molecule has 2 aromatic carbocycles. The Morgan fingerprint density at radius 1 is 1.17 bits per heavy atom. The number of fused-ring (bicyclic) bond motifs is 1. The van der Waals surface area contributed by atoms with E-state index in [-0.39, 0.29) is 24.2 Å². The molecule has 41 heavy (non-hydrogen) atoms. The molecule has 0 spiro atoms. The average molecular weight is 576 g/mol. The van der Waals surface area contributed by atoms with Crippen molar-refractivity contribution >= 4 is 32.6 Å². The second-order valence-electron chi connectivity index (χ2n) is 11.2. The third-order valence-corrected chi connectivity index (χ3v) is 10.2. The third kappa shape index (κ3) is 5.46. The Labute approximate surface area is 239 Å². The number of ether oxygens (including phenoxy) is 2. The molecule has 10 heteroatoms. The van der Waals surface area contributed by atoms with Crippen LogP contribution in [0, 0.1) is 11.3 Å². The zero-order valence-electron chi connectivity index (χ0n) is 22.8. The standard InChI is InChI=1S/C31H33N3O6S/c1-3-20-16-31(20,30(36)34-41(37,38)23-10-11-23)17-28(35)27-14-22(18-32-27)40-29-15-25(19-7-5-4-6-8-19)33-26-13-21(39-2)9-12-24(26)29/h3-9,12-13,15,20,22-23,27,32H,1,10-11,14,16-18H2,2H3,(H,34,36)/t20-,22?,27+,31-/m1/s1. The van der Waals surface area contributed by atoms with Gasteiger partial charge in [0, 0.05) is 42.5 Å². The molecule has 1 aliphatic heterocycles. The molecule has 1 saturated heterocycles. The number of allylic oxidation sites excluding steroid dienone is 1. The summed E-state index contributed by atoms with van der Waals surface area (Å²) in [5, 5.41) is 3.57. The summed E-state index contributed by atoms with van der Waals surface area (Å²) in [5.41, 5.74) is 1.38. The van der Waals surface area contributed by atoms with Crippen molar-refractivity contribution in [2.45, 2.75) is 49.5 Å². The predicted octanol–water partition coefficient (Wildman–Crippen LogP) is 3.78. The minimum atomic E-state index is -3.70. The second kappa shape index (κ2) is 10.6. The number of carbonyl (C=O) groups is 2. The van der Waals surface area contributed by atoms with Gasteiger partial charge >= 0.3 is 0 Å². The monoisotopic (exact) mass is 575 g/mol. The Hall–Kier alpha value is -3.76. The first-order valence-electron chi connectivity index (χ1n) is 13.9. The van der Waals surface area contributed by atoms with E-state index in [0.717, 1.165) is 22.2 Å². The summed E-state index contributed by atoms with van der Waals surface area (Å²) in [6.45, 7) is 4.24. The molecule has 2 N–H and O–H groups in total. The molecule has 1 unspecified atom stereocenters. The molecule has 3 aromatic rings. The minimum Gasteiger partial charge on any atom is -0.497 e. The molecule has 2 aliphatic carbocycles. The zero-order valence-corrected chi connectivity index (χ0v) is 23.7. The summed E-state index contributed by atoms with van der Waals surface area (Å²) in [4.78, 5) is 31.3. The molecule has 214 valence electrons. The van der Waals surface area contributed by atoms with Gasteiger partial charge in [-0.05, 0) is 37.3 Å². The summed E-state index contributed by atoms with van der Waals surface area (Å²) in [6.07, 6.45) is 3.26. The van der Waals surface area contributed by atoms with Crippen molar-refractivity contribution in [2.24, 2.45) is 11.3 Å². The SMILES string of the molecule is C=C[C@@H]1C[C@]1(CC(=O)[C@@H]1CC(Oc2cc(-c3ccccc3)nc3cc(OC)ccc23)CN1)C(=O)NS(=O)(=O)C1CC1.